The largest absolute Gasteiger partial charge is 0.492 e. The Morgan fingerprint density at radius 3 is 2.57 bits per heavy atom. The highest BCUT2D eigenvalue weighted by Crippen LogP contribution is 2.23. The van der Waals surface area contributed by atoms with Crippen LogP contribution in [0.1, 0.15) is 37.8 Å². The first-order valence-electron chi connectivity index (χ1n) is 7.62. The van der Waals surface area contributed by atoms with Gasteiger partial charge in [-0.3, -0.25) is 0 Å². The number of hydrogen-bond acceptors (Lipinski definition) is 4. The Morgan fingerprint density at radius 2 is 1.90 bits per heavy atom. The summed E-state index contributed by atoms with van der Waals surface area (Å²) in [5, 5.41) is 3.35. The quantitative estimate of drug-likeness (QED) is 0.675. The average molecular weight is 313 g/mol. The van der Waals surface area contributed by atoms with E-state index in [1.165, 1.54) is 0 Å². The second-order valence-electron chi connectivity index (χ2n) is 5.24. The van der Waals surface area contributed by atoms with Gasteiger partial charge < -0.3 is 10.1 Å². The van der Waals surface area contributed by atoms with Crippen molar-refractivity contribution in [1.82, 2.24) is 5.32 Å². The Kier molecular flexibility index (Phi) is 7.75. The van der Waals surface area contributed by atoms with Gasteiger partial charge in [0.25, 0.3) is 0 Å². The van der Waals surface area contributed by atoms with Gasteiger partial charge in [0.05, 0.1) is 11.5 Å². The van der Waals surface area contributed by atoms with Gasteiger partial charge in [-0.2, -0.15) is 0 Å². The number of hydrogen-bond donors (Lipinski definition) is 1. The molecular weight excluding hydrogens is 286 g/mol. The number of benzene rings is 1. The molecule has 4 nitrogen and oxygen atoms in total. The lowest BCUT2D eigenvalue weighted by Crippen LogP contribution is -2.19. The van der Waals surface area contributed by atoms with E-state index in [1.807, 2.05) is 32.0 Å². The van der Waals surface area contributed by atoms with Crippen molar-refractivity contribution in [2.24, 2.45) is 0 Å². The number of aryl methyl sites for hydroxylation is 1. The summed E-state index contributed by atoms with van der Waals surface area (Å²) in [6.45, 7) is 7.90. The van der Waals surface area contributed by atoms with Gasteiger partial charge >= 0.3 is 0 Å². The zero-order valence-electron chi connectivity index (χ0n) is 13.3. The third kappa shape index (κ3) is 6.48. The van der Waals surface area contributed by atoms with Gasteiger partial charge in [0.15, 0.2) is 9.84 Å². The summed E-state index contributed by atoms with van der Waals surface area (Å²) in [6, 6.07) is 6.00. The van der Waals surface area contributed by atoms with Crippen LogP contribution in [0.5, 0.6) is 5.75 Å². The molecule has 0 amide bonds. The van der Waals surface area contributed by atoms with Crippen molar-refractivity contribution in [3.63, 3.8) is 0 Å². The number of rotatable bonds is 10. The lowest BCUT2D eigenvalue weighted by molar-refractivity contribution is 0.333. The van der Waals surface area contributed by atoms with Gasteiger partial charge in [0.1, 0.15) is 12.4 Å². The molecule has 0 saturated carbocycles. The minimum Gasteiger partial charge on any atom is -0.492 e. The summed E-state index contributed by atoms with van der Waals surface area (Å²) < 4.78 is 29.2. The number of nitrogens with one attached hydrogen (secondary N) is 1. The minimum atomic E-state index is -2.99. The van der Waals surface area contributed by atoms with Crippen LogP contribution in [0.4, 0.5) is 0 Å². The van der Waals surface area contributed by atoms with Crippen LogP contribution in [0.3, 0.4) is 0 Å². The molecule has 0 atom stereocenters. The van der Waals surface area contributed by atoms with Crippen LogP contribution in [0.25, 0.3) is 0 Å². The van der Waals surface area contributed by atoms with E-state index in [2.05, 4.69) is 12.2 Å². The van der Waals surface area contributed by atoms with Crippen molar-refractivity contribution in [1.29, 1.82) is 0 Å². The fraction of sp³-hybridized carbons (Fsp3) is 0.625. The van der Waals surface area contributed by atoms with Gasteiger partial charge in [-0.15, -0.1) is 0 Å². The topological polar surface area (TPSA) is 55.4 Å². The summed E-state index contributed by atoms with van der Waals surface area (Å²) in [7, 11) is -2.99. The summed E-state index contributed by atoms with van der Waals surface area (Å²) in [4.78, 5) is 0. The van der Waals surface area contributed by atoms with Gasteiger partial charge in [-0.1, -0.05) is 32.0 Å². The highest BCUT2D eigenvalue weighted by molar-refractivity contribution is 7.91. The lowest BCUT2D eigenvalue weighted by atomic mass is 10.1. The Bertz CT molecular complexity index is 526. The second-order valence-corrected chi connectivity index (χ2v) is 7.54. The zero-order chi connectivity index (χ0) is 15.7. The Hall–Kier alpha value is -1.07. The predicted octanol–water partition coefficient (Wildman–Crippen LogP) is 2.70. The molecule has 0 bridgehead atoms. The number of ether oxygens (including phenoxy) is 1. The second kappa shape index (κ2) is 9.05. The molecule has 1 aromatic rings. The molecule has 1 aromatic carbocycles. The summed E-state index contributed by atoms with van der Waals surface area (Å²) in [5.41, 5.74) is 2.12. The molecule has 0 aliphatic rings. The number of para-hydroxylation sites is 1. The summed E-state index contributed by atoms with van der Waals surface area (Å²) in [5.74, 6) is 1.12. The van der Waals surface area contributed by atoms with Crippen molar-refractivity contribution < 1.29 is 13.2 Å². The smallest absolute Gasteiger partial charge is 0.153 e. The van der Waals surface area contributed by atoms with Crippen LogP contribution in [-0.4, -0.2) is 33.1 Å². The van der Waals surface area contributed by atoms with Gasteiger partial charge in [0, 0.05) is 12.1 Å². The third-order valence-corrected chi connectivity index (χ3v) is 5.01. The third-order valence-electron chi connectivity index (χ3n) is 3.19. The predicted molar refractivity (Wildman–Crippen MR) is 87.6 cm³/mol. The van der Waals surface area contributed by atoms with E-state index in [1.54, 1.807) is 0 Å². The first-order valence-corrected chi connectivity index (χ1v) is 9.44. The summed E-state index contributed by atoms with van der Waals surface area (Å²) in [6.07, 6.45) is 1.73. The van der Waals surface area contributed by atoms with E-state index >= 15 is 0 Å². The Labute approximate surface area is 128 Å². The van der Waals surface area contributed by atoms with E-state index in [9.17, 15) is 8.42 Å². The van der Waals surface area contributed by atoms with Crippen molar-refractivity contribution >= 4 is 9.84 Å². The standard InChI is InChI=1S/C16H27NO3S/c1-4-9-17-13-15-8-6-7-14(3)16(15)20-10-12-21(18,19)11-5-2/h6-8,17H,4-5,9-13H2,1-3H3. The maximum Gasteiger partial charge on any atom is 0.153 e. The minimum absolute atomic E-state index is 0.0804. The van der Waals surface area contributed by atoms with Gasteiger partial charge in [-0.05, 0) is 31.9 Å². The van der Waals surface area contributed by atoms with E-state index < -0.39 is 9.84 Å². The van der Waals surface area contributed by atoms with Crippen molar-refractivity contribution in [2.45, 2.75) is 40.2 Å². The van der Waals surface area contributed by atoms with E-state index in [4.69, 9.17) is 4.74 Å². The monoisotopic (exact) mass is 313 g/mol. The molecule has 120 valence electrons. The maximum absolute atomic E-state index is 11.7. The average Bonchev–Trinajstić information content (AvgIpc) is 2.41. The molecule has 5 heteroatoms. The molecule has 1 rings (SSSR count). The van der Waals surface area contributed by atoms with Crippen LogP contribution < -0.4 is 10.1 Å². The van der Waals surface area contributed by atoms with E-state index in [-0.39, 0.29) is 18.1 Å². The number of sulfone groups is 1. The van der Waals surface area contributed by atoms with Crippen molar-refractivity contribution in [2.75, 3.05) is 24.7 Å². The van der Waals surface area contributed by atoms with Crippen LogP contribution in [0.2, 0.25) is 0 Å². The first kappa shape index (κ1) is 18.0. The highest BCUT2D eigenvalue weighted by Gasteiger charge is 2.11. The fourth-order valence-electron chi connectivity index (χ4n) is 2.14. The molecular formula is C16H27NO3S. The van der Waals surface area contributed by atoms with E-state index in [0.717, 1.165) is 36.4 Å². The molecule has 0 heterocycles. The van der Waals surface area contributed by atoms with Gasteiger partial charge in [-0.25, -0.2) is 8.42 Å². The van der Waals surface area contributed by atoms with Crippen molar-refractivity contribution in [3.05, 3.63) is 29.3 Å². The van der Waals surface area contributed by atoms with Crippen LogP contribution in [0.15, 0.2) is 18.2 Å². The molecule has 0 aliphatic heterocycles. The van der Waals surface area contributed by atoms with Crippen molar-refractivity contribution in [3.8, 4) is 5.75 Å². The first-order chi connectivity index (χ1) is 10.00. The van der Waals surface area contributed by atoms with Crippen LogP contribution in [-0.2, 0) is 16.4 Å². The molecule has 0 fully saturated rings. The van der Waals surface area contributed by atoms with Crippen LogP contribution in [0, 0.1) is 6.92 Å². The normalized spacial score (nSPS) is 11.6. The summed E-state index contributed by atoms with van der Waals surface area (Å²) >= 11 is 0. The molecule has 1 N–H and O–H groups in total. The highest BCUT2D eigenvalue weighted by atomic mass is 32.2. The lowest BCUT2D eigenvalue weighted by Gasteiger charge is -2.14. The molecule has 21 heavy (non-hydrogen) atoms. The SMILES string of the molecule is CCCNCc1cccc(C)c1OCCS(=O)(=O)CCC. The molecule has 0 radical (unpaired) electrons. The maximum atomic E-state index is 11.7. The Morgan fingerprint density at radius 1 is 1.14 bits per heavy atom. The van der Waals surface area contributed by atoms with E-state index in [0.29, 0.717) is 6.42 Å². The molecule has 0 saturated heterocycles. The zero-order valence-corrected chi connectivity index (χ0v) is 14.1. The van der Waals surface area contributed by atoms with Gasteiger partial charge in [0.2, 0.25) is 0 Å². The molecule has 0 aromatic heterocycles. The molecule has 0 spiro atoms. The molecule has 0 unspecified atom stereocenters. The van der Waals surface area contributed by atoms with Crippen LogP contribution >= 0.6 is 0 Å². The Balaban J connectivity index is 2.65. The fourth-order valence-corrected chi connectivity index (χ4v) is 3.31. The molecule has 0 aliphatic carbocycles.